The van der Waals surface area contributed by atoms with Crippen molar-refractivity contribution in [3.63, 3.8) is 0 Å². The Bertz CT molecular complexity index is 424. The molecule has 1 atom stereocenters. The summed E-state index contributed by atoms with van der Waals surface area (Å²) < 4.78 is 0. The maximum atomic E-state index is 4.28. The van der Waals surface area contributed by atoms with E-state index in [1.165, 1.54) is 0 Å². The molecule has 2 aromatic heterocycles. The molecule has 84 valence electrons. The molecule has 0 aliphatic heterocycles. The van der Waals surface area contributed by atoms with Gasteiger partial charge in [-0.25, -0.2) is 15.0 Å². The maximum Gasteiger partial charge on any atom is 0.222 e. The SMILES string of the molecule is Cc1cnc(NCC(C)c2nccs2)nc1. The molecule has 2 heterocycles. The lowest BCUT2D eigenvalue weighted by atomic mass is 10.2. The number of hydrogen-bond donors (Lipinski definition) is 1. The lowest BCUT2D eigenvalue weighted by Gasteiger charge is -2.09. The number of aryl methyl sites for hydroxylation is 1. The van der Waals surface area contributed by atoms with Crippen LogP contribution in [0.3, 0.4) is 0 Å². The van der Waals surface area contributed by atoms with Gasteiger partial charge in [0.25, 0.3) is 0 Å². The van der Waals surface area contributed by atoms with E-state index in [9.17, 15) is 0 Å². The highest BCUT2D eigenvalue weighted by atomic mass is 32.1. The summed E-state index contributed by atoms with van der Waals surface area (Å²) >= 11 is 1.68. The Kier molecular flexibility index (Phi) is 3.46. The fraction of sp³-hybridized carbons (Fsp3) is 0.364. The second kappa shape index (κ2) is 5.03. The van der Waals surface area contributed by atoms with Crippen LogP contribution < -0.4 is 5.32 Å². The first-order chi connectivity index (χ1) is 7.75. The van der Waals surface area contributed by atoms with Crippen LogP contribution in [0.2, 0.25) is 0 Å². The van der Waals surface area contributed by atoms with E-state index in [4.69, 9.17) is 0 Å². The molecule has 2 aromatic rings. The monoisotopic (exact) mass is 234 g/mol. The molecule has 0 aliphatic rings. The van der Waals surface area contributed by atoms with Gasteiger partial charge in [0, 0.05) is 36.4 Å². The zero-order chi connectivity index (χ0) is 11.4. The number of hydrogen-bond acceptors (Lipinski definition) is 5. The van der Waals surface area contributed by atoms with E-state index in [2.05, 4.69) is 27.2 Å². The summed E-state index contributed by atoms with van der Waals surface area (Å²) in [6.07, 6.45) is 5.45. The zero-order valence-corrected chi connectivity index (χ0v) is 10.2. The number of aromatic nitrogens is 3. The minimum Gasteiger partial charge on any atom is -0.354 e. The molecule has 0 amide bonds. The van der Waals surface area contributed by atoms with Crippen molar-refractivity contribution in [3.8, 4) is 0 Å². The van der Waals surface area contributed by atoms with Gasteiger partial charge in [-0.3, -0.25) is 0 Å². The number of anilines is 1. The van der Waals surface area contributed by atoms with Crippen molar-refractivity contribution in [2.45, 2.75) is 19.8 Å². The lowest BCUT2D eigenvalue weighted by molar-refractivity contribution is 0.787. The van der Waals surface area contributed by atoms with Crippen LogP contribution in [-0.4, -0.2) is 21.5 Å². The standard InChI is InChI=1S/C11H14N4S/c1-8-5-13-11(14-6-8)15-7-9(2)10-12-3-4-16-10/h3-6,9H,7H2,1-2H3,(H,13,14,15). The molecule has 0 saturated heterocycles. The average Bonchev–Trinajstić information content (AvgIpc) is 2.81. The topological polar surface area (TPSA) is 50.7 Å². The fourth-order valence-corrected chi connectivity index (χ4v) is 1.99. The second-order valence-corrected chi connectivity index (χ2v) is 4.66. The molecule has 0 saturated carbocycles. The fourth-order valence-electron chi connectivity index (χ4n) is 1.29. The maximum absolute atomic E-state index is 4.28. The van der Waals surface area contributed by atoms with Gasteiger partial charge >= 0.3 is 0 Å². The van der Waals surface area contributed by atoms with Crippen molar-refractivity contribution in [2.24, 2.45) is 0 Å². The largest absolute Gasteiger partial charge is 0.354 e. The van der Waals surface area contributed by atoms with Gasteiger partial charge in [0.2, 0.25) is 5.95 Å². The highest BCUT2D eigenvalue weighted by Gasteiger charge is 2.08. The number of nitrogens with one attached hydrogen (secondary N) is 1. The molecular weight excluding hydrogens is 220 g/mol. The van der Waals surface area contributed by atoms with Crippen molar-refractivity contribution >= 4 is 17.3 Å². The van der Waals surface area contributed by atoms with E-state index in [1.54, 1.807) is 11.3 Å². The summed E-state index contributed by atoms with van der Waals surface area (Å²) in [6, 6.07) is 0. The average molecular weight is 234 g/mol. The Morgan fingerprint density at radius 3 is 2.69 bits per heavy atom. The van der Waals surface area contributed by atoms with Gasteiger partial charge < -0.3 is 5.32 Å². The molecule has 0 spiro atoms. The quantitative estimate of drug-likeness (QED) is 0.883. The lowest BCUT2D eigenvalue weighted by Crippen LogP contribution is -2.11. The van der Waals surface area contributed by atoms with Crippen molar-refractivity contribution in [1.82, 2.24) is 15.0 Å². The summed E-state index contributed by atoms with van der Waals surface area (Å²) in [5.41, 5.74) is 1.07. The molecular formula is C11H14N4S. The summed E-state index contributed by atoms with van der Waals surface area (Å²) in [5, 5.41) is 6.34. The van der Waals surface area contributed by atoms with Crippen LogP contribution >= 0.6 is 11.3 Å². The van der Waals surface area contributed by atoms with Crippen LogP contribution in [0, 0.1) is 6.92 Å². The Labute approximate surface area is 98.8 Å². The van der Waals surface area contributed by atoms with Gasteiger partial charge in [0.05, 0.1) is 5.01 Å². The summed E-state index contributed by atoms with van der Waals surface area (Å²) in [6.45, 7) is 4.92. The predicted molar refractivity (Wildman–Crippen MR) is 65.8 cm³/mol. The van der Waals surface area contributed by atoms with E-state index in [0.29, 0.717) is 11.9 Å². The van der Waals surface area contributed by atoms with E-state index in [-0.39, 0.29) is 0 Å². The Morgan fingerprint density at radius 1 is 1.31 bits per heavy atom. The van der Waals surface area contributed by atoms with Gasteiger partial charge in [-0.15, -0.1) is 11.3 Å². The van der Waals surface area contributed by atoms with E-state index < -0.39 is 0 Å². The van der Waals surface area contributed by atoms with Crippen LogP contribution in [-0.2, 0) is 0 Å². The van der Waals surface area contributed by atoms with Crippen LogP contribution in [0.15, 0.2) is 24.0 Å². The van der Waals surface area contributed by atoms with Gasteiger partial charge in [-0.05, 0) is 12.5 Å². The van der Waals surface area contributed by atoms with Crippen LogP contribution in [0.5, 0.6) is 0 Å². The summed E-state index contributed by atoms with van der Waals surface area (Å²) in [7, 11) is 0. The molecule has 0 bridgehead atoms. The summed E-state index contributed by atoms with van der Waals surface area (Å²) in [5.74, 6) is 1.05. The smallest absolute Gasteiger partial charge is 0.222 e. The van der Waals surface area contributed by atoms with Crippen LogP contribution in [0.25, 0.3) is 0 Å². The van der Waals surface area contributed by atoms with Crippen molar-refractivity contribution in [2.75, 3.05) is 11.9 Å². The second-order valence-electron chi connectivity index (χ2n) is 3.74. The predicted octanol–water partition coefficient (Wildman–Crippen LogP) is 2.46. The third-order valence-corrected chi connectivity index (χ3v) is 3.23. The highest BCUT2D eigenvalue weighted by molar-refractivity contribution is 7.09. The van der Waals surface area contributed by atoms with Crippen molar-refractivity contribution < 1.29 is 0 Å². The molecule has 16 heavy (non-hydrogen) atoms. The third-order valence-electron chi connectivity index (χ3n) is 2.22. The zero-order valence-electron chi connectivity index (χ0n) is 9.34. The first kappa shape index (κ1) is 11.0. The highest BCUT2D eigenvalue weighted by Crippen LogP contribution is 2.17. The van der Waals surface area contributed by atoms with Gasteiger partial charge in [0.15, 0.2) is 0 Å². The Morgan fingerprint density at radius 2 is 2.06 bits per heavy atom. The molecule has 0 fully saturated rings. The Balaban J connectivity index is 1.90. The minimum absolute atomic E-state index is 0.380. The van der Waals surface area contributed by atoms with Crippen molar-refractivity contribution in [3.05, 3.63) is 34.5 Å². The van der Waals surface area contributed by atoms with E-state index in [0.717, 1.165) is 17.1 Å². The molecule has 2 rings (SSSR count). The molecule has 0 aliphatic carbocycles. The van der Waals surface area contributed by atoms with Crippen molar-refractivity contribution in [1.29, 1.82) is 0 Å². The molecule has 1 N–H and O–H groups in total. The van der Waals surface area contributed by atoms with Gasteiger partial charge in [-0.2, -0.15) is 0 Å². The number of thiazole rings is 1. The van der Waals surface area contributed by atoms with Gasteiger partial charge in [-0.1, -0.05) is 6.92 Å². The Hall–Kier alpha value is -1.49. The minimum atomic E-state index is 0.380. The van der Waals surface area contributed by atoms with Crippen LogP contribution in [0.4, 0.5) is 5.95 Å². The first-order valence-electron chi connectivity index (χ1n) is 5.17. The molecule has 5 heteroatoms. The number of nitrogens with zero attached hydrogens (tertiary/aromatic N) is 3. The molecule has 0 aromatic carbocycles. The van der Waals surface area contributed by atoms with E-state index in [1.807, 2.05) is 30.9 Å². The summed E-state index contributed by atoms with van der Waals surface area (Å²) in [4.78, 5) is 12.7. The first-order valence-corrected chi connectivity index (χ1v) is 6.05. The normalized spacial score (nSPS) is 12.4. The number of rotatable bonds is 4. The van der Waals surface area contributed by atoms with Crippen LogP contribution in [0.1, 0.15) is 23.4 Å². The molecule has 0 radical (unpaired) electrons. The molecule has 1 unspecified atom stereocenters. The van der Waals surface area contributed by atoms with E-state index >= 15 is 0 Å². The molecule has 4 nitrogen and oxygen atoms in total. The van der Waals surface area contributed by atoms with Gasteiger partial charge in [0.1, 0.15) is 0 Å². The third kappa shape index (κ3) is 2.76.